The molecule has 0 aromatic heterocycles. The molecule has 1 aliphatic rings. The lowest BCUT2D eigenvalue weighted by atomic mass is 10.0. The summed E-state index contributed by atoms with van der Waals surface area (Å²) >= 11 is 0. The summed E-state index contributed by atoms with van der Waals surface area (Å²) in [6.07, 6.45) is 0. The number of nitrogens with two attached hydrogens (primary N) is 1. The normalized spacial score (nSPS) is 16.2. The molecule has 1 heterocycles. The van der Waals surface area contributed by atoms with Gasteiger partial charge in [-0.05, 0) is 18.2 Å². The SMILES string of the molecule is CN(C)c1ccc(N)c(OCC2COc3ccccc32)c1. The topological polar surface area (TPSA) is 47.7 Å². The summed E-state index contributed by atoms with van der Waals surface area (Å²) in [6.45, 7) is 1.23. The van der Waals surface area contributed by atoms with Gasteiger partial charge in [-0.15, -0.1) is 0 Å². The Morgan fingerprint density at radius 3 is 2.86 bits per heavy atom. The largest absolute Gasteiger partial charge is 0.493 e. The first-order chi connectivity index (χ1) is 10.1. The number of anilines is 2. The van der Waals surface area contributed by atoms with E-state index in [1.807, 2.05) is 55.4 Å². The van der Waals surface area contributed by atoms with Crippen LogP contribution in [0, 0.1) is 0 Å². The van der Waals surface area contributed by atoms with E-state index in [1.165, 1.54) is 5.56 Å². The molecule has 110 valence electrons. The highest BCUT2D eigenvalue weighted by Crippen LogP contribution is 2.35. The Morgan fingerprint density at radius 2 is 2.05 bits per heavy atom. The highest BCUT2D eigenvalue weighted by molar-refractivity contribution is 5.62. The molecular weight excluding hydrogens is 264 g/mol. The van der Waals surface area contributed by atoms with Crippen LogP contribution in [0.25, 0.3) is 0 Å². The van der Waals surface area contributed by atoms with Gasteiger partial charge in [0.1, 0.15) is 11.5 Å². The first-order valence-electron chi connectivity index (χ1n) is 7.06. The van der Waals surface area contributed by atoms with Crippen LogP contribution in [-0.4, -0.2) is 27.3 Å². The zero-order valence-electron chi connectivity index (χ0n) is 12.4. The monoisotopic (exact) mass is 284 g/mol. The zero-order valence-corrected chi connectivity index (χ0v) is 12.4. The molecule has 1 aliphatic heterocycles. The number of para-hydroxylation sites is 1. The number of benzene rings is 2. The molecule has 4 heteroatoms. The van der Waals surface area contributed by atoms with E-state index in [4.69, 9.17) is 15.2 Å². The number of rotatable bonds is 4. The third-order valence-corrected chi connectivity index (χ3v) is 3.75. The van der Waals surface area contributed by atoms with E-state index >= 15 is 0 Å². The lowest BCUT2D eigenvalue weighted by Gasteiger charge is -2.17. The zero-order chi connectivity index (χ0) is 14.8. The Labute approximate surface area is 125 Å². The maximum atomic E-state index is 5.99. The standard InChI is InChI=1S/C17H20N2O2/c1-19(2)13-7-8-15(18)17(9-13)21-11-12-10-20-16-6-4-3-5-14(12)16/h3-9,12H,10-11,18H2,1-2H3. The van der Waals surface area contributed by atoms with E-state index in [1.54, 1.807) is 0 Å². The summed E-state index contributed by atoms with van der Waals surface area (Å²) < 4.78 is 11.6. The van der Waals surface area contributed by atoms with Crippen LogP contribution in [0.5, 0.6) is 11.5 Å². The highest BCUT2D eigenvalue weighted by atomic mass is 16.5. The predicted octanol–water partition coefficient (Wildman–Crippen LogP) is 2.89. The smallest absolute Gasteiger partial charge is 0.144 e. The maximum absolute atomic E-state index is 5.99. The number of nitrogen functional groups attached to an aromatic ring is 1. The fourth-order valence-corrected chi connectivity index (χ4v) is 2.48. The van der Waals surface area contributed by atoms with Gasteiger partial charge < -0.3 is 20.1 Å². The number of nitrogens with zero attached hydrogens (tertiary/aromatic N) is 1. The lowest BCUT2D eigenvalue weighted by Crippen LogP contribution is -2.13. The van der Waals surface area contributed by atoms with E-state index in [0.29, 0.717) is 18.9 Å². The fourth-order valence-electron chi connectivity index (χ4n) is 2.48. The average molecular weight is 284 g/mol. The van der Waals surface area contributed by atoms with E-state index in [-0.39, 0.29) is 5.92 Å². The van der Waals surface area contributed by atoms with Crippen molar-refractivity contribution in [3.63, 3.8) is 0 Å². The van der Waals surface area contributed by atoms with Crippen LogP contribution in [0.2, 0.25) is 0 Å². The Morgan fingerprint density at radius 1 is 1.24 bits per heavy atom. The van der Waals surface area contributed by atoms with Crippen molar-refractivity contribution in [3.8, 4) is 11.5 Å². The van der Waals surface area contributed by atoms with Gasteiger partial charge in [0, 0.05) is 31.4 Å². The highest BCUT2D eigenvalue weighted by Gasteiger charge is 2.24. The molecular formula is C17H20N2O2. The van der Waals surface area contributed by atoms with E-state index in [0.717, 1.165) is 17.2 Å². The van der Waals surface area contributed by atoms with Gasteiger partial charge in [0.2, 0.25) is 0 Å². The first kappa shape index (κ1) is 13.6. The maximum Gasteiger partial charge on any atom is 0.144 e. The summed E-state index contributed by atoms with van der Waals surface area (Å²) in [5.74, 6) is 1.94. The van der Waals surface area contributed by atoms with Crippen LogP contribution < -0.4 is 20.1 Å². The van der Waals surface area contributed by atoms with Gasteiger partial charge in [0.15, 0.2) is 0 Å². The fraction of sp³-hybridized carbons (Fsp3) is 0.294. The molecule has 3 rings (SSSR count). The molecule has 2 aromatic carbocycles. The van der Waals surface area contributed by atoms with Crippen molar-refractivity contribution in [2.45, 2.75) is 5.92 Å². The van der Waals surface area contributed by atoms with Gasteiger partial charge >= 0.3 is 0 Å². The second kappa shape index (κ2) is 5.56. The molecule has 0 spiro atoms. The van der Waals surface area contributed by atoms with E-state index < -0.39 is 0 Å². The average Bonchev–Trinajstić information content (AvgIpc) is 2.89. The molecule has 0 radical (unpaired) electrons. The van der Waals surface area contributed by atoms with Crippen molar-refractivity contribution >= 4 is 11.4 Å². The van der Waals surface area contributed by atoms with Crippen molar-refractivity contribution in [2.75, 3.05) is 37.9 Å². The van der Waals surface area contributed by atoms with Crippen LogP contribution in [0.3, 0.4) is 0 Å². The minimum Gasteiger partial charge on any atom is -0.493 e. The first-order valence-corrected chi connectivity index (χ1v) is 7.06. The number of hydrogen-bond acceptors (Lipinski definition) is 4. The molecule has 0 saturated carbocycles. The molecule has 21 heavy (non-hydrogen) atoms. The predicted molar refractivity (Wildman–Crippen MR) is 85.4 cm³/mol. The molecule has 0 saturated heterocycles. The Bertz CT molecular complexity index is 640. The Kier molecular flexibility index (Phi) is 3.60. The third kappa shape index (κ3) is 2.75. The quantitative estimate of drug-likeness (QED) is 0.877. The molecule has 4 nitrogen and oxygen atoms in total. The van der Waals surface area contributed by atoms with Crippen molar-refractivity contribution in [3.05, 3.63) is 48.0 Å². The molecule has 0 fully saturated rings. The lowest BCUT2D eigenvalue weighted by molar-refractivity contribution is 0.249. The molecule has 2 aromatic rings. The minimum absolute atomic E-state index is 0.253. The number of fused-ring (bicyclic) bond motifs is 1. The molecule has 0 bridgehead atoms. The summed E-state index contributed by atoms with van der Waals surface area (Å²) in [5, 5.41) is 0. The second-order valence-corrected chi connectivity index (χ2v) is 5.47. The second-order valence-electron chi connectivity index (χ2n) is 5.47. The van der Waals surface area contributed by atoms with Crippen LogP contribution in [0.15, 0.2) is 42.5 Å². The van der Waals surface area contributed by atoms with Crippen LogP contribution in [0.4, 0.5) is 11.4 Å². The third-order valence-electron chi connectivity index (χ3n) is 3.75. The van der Waals surface area contributed by atoms with Gasteiger partial charge in [-0.2, -0.15) is 0 Å². The summed E-state index contributed by atoms with van der Waals surface area (Å²) in [4.78, 5) is 2.03. The molecule has 0 aliphatic carbocycles. The molecule has 1 unspecified atom stereocenters. The van der Waals surface area contributed by atoms with Crippen molar-refractivity contribution < 1.29 is 9.47 Å². The van der Waals surface area contributed by atoms with Gasteiger partial charge in [-0.3, -0.25) is 0 Å². The van der Waals surface area contributed by atoms with Crippen LogP contribution in [0.1, 0.15) is 11.5 Å². The summed E-state index contributed by atoms with van der Waals surface area (Å²) in [7, 11) is 3.99. The van der Waals surface area contributed by atoms with E-state index in [9.17, 15) is 0 Å². The Balaban J connectivity index is 1.73. The van der Waals surface area contributed by atoms with Crippen LogP contribution in [-0.2, 0) is 0 Å². The van der Waals surface area contributed by atoms with E-state index in [2.05, 4.69) is 6.07 Å². The Hall–Kier alpha value is -2.36. The summed E-state index contributed by atoms with van der Waals surface area (Å²) in [6, 6.07) is 13.9. The van der Waals surface area contributed by atoms with Gasteiger partial charge in [-0.25, -0.2) is 0 Å². The van der Waals surface area contributed by atoms with Crippen LogP contribution >= 0.6 is 0 Å². The van der Waals surface area contributed by atoms with Gasteiger partial charge in [-0.1, -0.05) is 18.2 Å². The van der Waals surface area contributed by atoms with Crippen molar-refractivity contribution in [1.29, 1.82) is 0 Å². The van der Waals surface area contributed by atoms with Crippen molar-refractivity contribution in [2.24, 2.45) is 0 Å². The van der Waals surface area contributed by atoms with Gasteiger partial charge in [0.05, 0.1) is 24.8 Å². The number of hydrogen-bond donors (Lipinski definition) is 1. The minimum atomic E-state index is 0.253. The summed E-state index contributed by atoms with van der Waals surface area (Å²) in [5.41, 5.74) is 8.93. The number of ether oxygens (including phenoxy) is 2. The van der Waals surface area contributed by atoms with Gasteiger partial charge in [0.25, 0.3) is 0 Å². The molecule has 0 amide bonds. The molecule has 1 atom stereocenters. The van der Waals surface area contributed by atoms with Crippen molar-refractivity contribution in [1.82, 2.24) is 0 Å². The molecule has 2 N–H and O–H groups in total.